The van der Waals surface area contributed by atoms with E-state index in [1.165, 1.54) is 0 Å². The third-order valence-electron chi connectivity index (χ3n) is 3.28. The van der Waals surface area contributed by atoms with Crippen molar-refractivity contribution in [1.29, 1.82) is 0 Å². The number of carbonyl (C=O) groups excluding carboxylic acids is 1. The van der Waals surface area contributed by atoms with Gasteiger partial charge in [0, 0.05) is 5.02 Å². The first-order valence-electron chi connectivity index (χ1n) is 7.25. The Labute approximate surface area is 159 Å². The molecule has 0 saturated carbocycles. The van der Waals surface area contributed by atoms with E-state index in [9.17, 15) is 4.79 Å². The van der Waals surface area contributed by atoms with Crippen LogP contribution in [0.1, 0.15) is 16.3 Å². The summed E-state index contributed by atoms with van der Waals surface area (Å²) in [5, 5.41) is 3.96. The predicted molar refractivity (Wildman–Crippen MR) is 98.9 cm³/mol. The SMILES string of the molecule is O=C(Nc1c(Cl)cccc1Cl)c1ccc(COc2ccc(Cl)cc2)o1. The van der Waals surface area contributed by atoms with E-state index in [0.29, 0.717) is 32.3 Å². The summed E-state index contributed by atoms with van der Waals surface area (Å²) >= 11 is 17.9. The van der Waals surface area contributed by atoms with Crippen LogP contribution in [0.2, 0.25) is 15.1 Å². The van der Waals surface area contributed by atoms with E-state index in [1.54, 1.807) is 54.6 Å². The number of nitrogens with one attached hydrogen (secondary N) is 1. The highest BCUT2D eigenvalue weighted by Gasteiger charge is 2.15. The normalized spacial score (nSPS) is 10.5. The molecule has 4 nitrogen and oxygen atoms in total. The van der Waals surface area contributed by atoms with Crippen molar-refractivity contribution >= 4 is 46.4 Å². The lowest BCUT2D eigenvalue weighted by atomic mass is 10.3. The van der Waals surface area contributed by atoms with Crippen LogP contribution in [0.3, 0.4) is 0 Å². The number of hydrogen-bond donors (Lipinski definition) is 1. The number of ether oxygens (including phenoxy) is 1. The highest BCUT2D eigenvalue weighted by Crippen LogP contribution is 2.30. The average Bonchev–Trinajstić information content (AvgIpc) is 3.07. The highest BCUT2D eigenvalue weighted by atomic mass is 35.5. The molecule has 0 fully saturated rings. The lowest BCUT2D eigenvalue weighted by Gasteiger charge is -2.07. The smallest absolute Gasteiger partial charge is 0.291 e. The van der Waals surface area contributed by atoms with Crippen LogP contribution >= 0.6 is 34.8 Å². The van der Waals surface area contributed by atoms with Gasteiger partial charge in [-0.15, -0.1) is 0 Å². The Kier molecular flexibility index (Phi) is 5.53. The molecule has 25 heavy (non-hydrogen) atoms. The maximum atomic E-state index is 12.3. The van der Waals surface area contributed by atoms with Crippen LogP contribution in [0, 0.1) is 0 Å². The van der Waals surface area contributed by atoms with Gasteiger partial charge in [0.05, 0.1) is 15.7 Å². The Bertz CT molecular complexity index is 871. The number of hydrogen-bond acceptors (Lipinski definition) is 3. The van der Waals surface area contributed by atoms with E-state index in [4.69, 9.17) is 44.0 Å². The lowest BCUT2D eigenvalue weighted by Crippen LogP contribution is -2.11. The summed E-state index contributed by atoms with van der Waals surface area (Å²) in [7, 11) is 0. The predicted octanol–water partition coefficient (Wildman–Crippen LogP) is 6.07. The molecule has 0 spiro atoms. The molecule has 2 aromatic carbocycles. The molecule has 0 aliphatic heterocycles. The Morgan fingerprint density at radius 3 is 2.32 bits per heavy atom. The summed E-state index contributed by atoms with van der Waals surface area (Å²) in [6.07, 6.45) is 0. The molecule has 0 aliphatic carbocycles. The number of benzene rings is 2. The maximum Gasteiger partial charge on any atom is 0.291 e. The minimum absolute atomic E-state index is 0.130. The zero-order valence-corrected chi connectivity index (χ0v) is 15.0. The van der Waals surface area contributed by atoms with Gasteiger partial charge in [0.1, 0.15) is 18.1 Å². The highest BCUT2D eigenvalue weighted by molar-refractivity contribution is 6.40. The molecule has 1 N–H and O–H groups in total. The summed E-state index contributed by atoms with van der Waals surface area (Å²) in [5.74, 6) is 0.832. The quantitative estimate of drug-likeness (QED) is 0.569. The Morgan fingerprint density at radius 2 is 1.64 bits per heavy atom. The second kappa shape index (κ2) is 7.83. The first-order chi connectivity index (χ1) is 12.0. The van der Waals surface area contributed by atoms with E-state index in [0.717, 1.165) is 0 Å². The van der Waals surface area contributed by atoms with Gasteiger partial charge in [-0.3, -0.25) is 4.79 Å². The second-order valence-electron chi connectivity index (χ2n) is 5.06. The third kappa shape index (κ3) is 4.48. The summed E-state index contributed by atoms with van der Waals surface area (Å²) in [6.45, 7) is 0.182. The van der Waals surface area contributed by atoms with Crippen molar-refractivity contribution in [3.63, 3.8) is 0 Å². The topological polar surface area (TPSA) is 51.5 Å². The van der Waals surface area contributed by atoms with Gasteiger partial charge in [0.2, 0.25) is 0 Å². The Hall–Kier alpha value is -2.14. The van der Waals surface area contributed by atoms with E-state index in [1.807, 2.05) is 0 Å². The standard InChI is InChI=1S/C18H12Cl3NO3/c19-11-4-6-12(7-5-11)24-10-13-8-9-16(25-13)18(23)22-17-14(20)2-1-3-15(17)21/h1-9H,10H2,(H,22,23). The fourth-order valence-corrected chi connectivity index (χ4v) is 2.67. The number of rotatable bonds is 5. The summed E-state index contributed by atoms with van der Waals surface area (Å²) in [5.41, 5.74) is 0.339. The van der Waals surface area contributed by atoms with Gasteiger partial charge >= 0.3 is 0 Å². The molecule has 0 unspecified atom stereocenters. The fraction of sp³-hybridized carbons (Fsp3) is 0.0556. The van der Waals surface area contributed by atoms with Crippen LogP contribution in [0.4, 0.5) is 5.69 Å². The van der Waals surface area contributed by atoms with E-state index in [-0.39, 0.29) is 12.4 Å². The number of anilines is 1. The summed E-state index contributed by atoms with van der Waals surface area (Å²) in [4.78, 5) is 12.3. The molecule has 3 rings (SSSR count). The molecule has 0 bridgehead atoms. The van der Waals surface area contributed by atoms with Crippen LogP contribution in [-0.4, -0.2) is 5.91 Å². The minimum atomic E-state index is -0.451. The number of amides is 1. The minimum Gasteiger partial charge on any atom is -0.486 e. The van der Waals surface area contributed by atoms with Gasteiger partial charge in [-0.1, -0.05) is 40.9 Å². The molecule has 0 radical (unpaired) electrons. The fourth-order valence-electron chi connectivity index (χ4n) is 2.06. The van der Waals surface area contributed by atoms with Crippen LogP contribution in [0.15, 0.2) is 59.0 Å². The number of halogens is 3. The first-order valence-corrected chi connectivity index (χ1v) is 8.39. The lowest BCUT2D eigenvalue weighted by molar-refractivity contribution is 0.0992. The van der Waals surface area contributed by atoms with E-state index < -0.39 is 5.91 Å². The second-order valence-corrected chi connectivity index (χ2v) is 6.31. The van der Waals surface area contributed by atoms with Crippen molar-refractivity contribution in [2.45, 2.75) is 6.61 Å². The molecule has 3 aromatic rings. The van der Waals surface area contributed by atoms with Crippen molar-refractivity contribution in [2.75, 3.05) is 5.32 Å². The van der Waals surface area contributed by atoms with Crippen molar-refractivity contribution in [2.24, 2.45) is 0 Å². The van der Waals surface area contributed by atoms with E-state index >= 15 is 0 Å². The van der Waals surface area contributed by atoms with Gasteiger partial charge in [0.25, 0.3) is 5.91 Å². The van der Waals surface area contributed by atoms with Crippen molar-refractivity contribution in [3.8, 4) is 5.75 Å². The van der Waals surface area contributed by atoms with Crippen LogP contribution in [-0.2, 0) is 6.61 Å². The zero-order chi connectivity index (χ0) is 17.8. The molecule has 7 heteroatoms. The average molecular weight is 397 g/mol. The zero-order valence-electron chi connectivity index (χ0n) is 12.8. The summed E-state index contributed by atoms with van der Waals surface area (Å²) < 4.78 is 11.1. The Morgan fingerprint density at radius 1 is 0.960 bits per heavy atom. The number of carbonyl (C=O) groups is 1. The molecule has 1 heterocycles. The largest absolute Gasteiger partial charge is 0.486 e. The van der Waals surface area contributed by atoms with Gasteiger partial charge in [0.15, 0.2) is 5.76 Å². The van der Waals surface area contributed by atoms with Crippen LogP contribution < -0.4 is 10.1 Å². The van der Waals surface area contributed by atoms with Gasteiger partial charge in [-0.05, 0) is 48.5 Å². The van der Waals surface area contributed by atoms with Gasteiger partial charge in [-0.25, -0.2) is 0 Å². The van der Waals surface area contributed by atoms with Crippen LogP contribution in [0.5, 0.6) is 5.75 Å². The molecule has 0 aliphatic rings. The molecule has 0 saturated heterocycles. The number of para-hydroxylation sites is 1. The molecule has 128 valence electrons. The maximum absolute atomic E-state index is 12.3. The van der Waals surface area contributed by atoms with Crippen molar-refractivity contribution < 1.29 is 13.9 Å². The molecular formula is C18H12Cl3NO3. The third-order valence-corrected chi connectivity index (χ3v) is 4.16. The first kappa shape index (κ1) is 17.7. The van der Waals surface area contributed by atoms with Gasteiger partial charge in [-0.2, -0.15) is 0 Å². The van der Waals surface area contributed by atoms with Gasteiger partial charge < -0.3 is 14.5 Å². The Balaban J connectivity index is 1.64. The monoisotopic (exact) mass is 395 g/mol. The number of furan rings is 1. The van der Waals surface area contributed by atoms with E-state index in [2.05, 4.69) is 5.32 Å². The molecule has 1 amide bonds. The molecular weight excluding hydrogens is 385 g/mol. The summed E-state index contributed by atoms with van der Waals surface area (Å²) in [6, 6.07) is 15.1. The molecule has 0 atom stereocenters. The molecule has 1 aromatic heterocycles. The van der Waals surface area contributed by atoms with Crippen molar-refractivity contribution in [1.82, 2.24) is 0 Å². The van der Waals surface area contributed by atoms with Crippen LogP contribution in [0.25, 0.3) is 0 Å². The van der Waals surface area contributed by atoms with Crippen molar-refractivity contribution in [3.05, 3.63) is 81.2 Å².